The Morgan fingerprint density at radius 2 is 0.704 bits per heavy atom. The van der Waals surface area contributed by atoms with Crippen molar-refractivity contribution in [2.75, 3.05) is 0 Å². The highest BCUT2D eigenvalue weighted by molar-refractivity contribution is 6.02. The second-order valence-electron chi connectivity index (χ2n) is 16.2. The van der Waals surface area contributed by atoms with Crippen LogP contribution in [0.4, 0.5) is 0 Å². The maximum absolute atomic E-state index is 2.48. The summed E-state index contributed by atoms with van der Waals surface area (Å²) in [6, 6.07) is 63.3. The van der Waals surface area contributed by atoms with Crippen LogP contribution in [0.1, 0.15) is 49.9 Å². The monoisotopic (exact) mass is 692 g/mol. The van der Waals surface area contributed by atoms with Gasteiger partial charge in [-0.05, 0) is 104 Å². The Labute approximate surface area is 316 Å². The Kier molecular flexibility index (Phi) is 6.39. The summed E-state index contributed by atoms with van der Waals surface area (Å²) in [4.78, 5) is 0. The summed E-state index contributed by atoms with van der Waals surface area (Å²) in [5.41, 5.74) is 20.3. The number of benzene rings is 7. The lowest BCUT2D eigenvalue weighted by atomic mass is 9.82. The number of hydrogen-bond acceptors (Lipinski definition) is 0. The Hall–Kier alpha value is -6.38. The molecule has 0 atom stereocenters. The Morgan fingerprint density at radius 1 is 0.333 bits per heavy atom. The third kappa shape index (κ3) is 4.28. The van der Waals surface area contributed by atoms with E-state index in [0.29, 0.717) is 0 Å². The fourth-order valence-corrected chi connectivity index (χ4v) is 9.77. The van der Waals surface area contributed by atoms with Gasteiger partial charge in [-0.25, -0.2) is 0 Å². The Balaban J connectivity index is 1.16. The largest absolute Gasteiger partial charge is 0.309 e. The van der Waals surface area contributed by atoms with E-state index in [9.17, 15) is 0 Å². The van der Waals surface area contributed by atoms with Crippen molar-refractivity contribution in [2.24, 2.45) is 0 Å². The normalized spacial score (nSPS) is 14.6. The fourth-order valence-electron chi connectivity index (χ4n) is 9.77. The summed E-state index contributed by atoms with van der Waals surface area (Å²) in [5.74, 6) is 0. The molecule has 2 aliphatic rings. The maximum atomic E-state index is 2.48. The van der Waals surface area contributed by atoms with Gasteiger partial charge in [-0.1, -0.05) is 149 Å². The highest BCUT2D eigenvalue weighted by Gasteiger charge is 2.37. The lowest BCUT2D eigenvalue weighted by molar-refractivity contribution is 0.659. The molecule has 2 heterocycles. The molecule has 2 nitrogen and oxygen atoms in total. The van der Waals surface area contributed by atoms with E-state index in [-0.39, 0.29) is 10.8 Å². The van der Waals surface area contributed by atoms with Gasteiger partial charge >= 0.3 is 0 Å². The van der Waals surface area contributed by atoms with Crippen LogP contribution in [0, 0.1) is 0 Å². The minimum absolute atomic E-state index is 0.0847. The van der Waals surface area contributed by atoms with Crippen LogP contribution in [0.2, 0.25) is 0 Å². The van der Waals surface area contributed by atoms with Crippen molar-refractivity contribution < 1.29 is 0 Å². The van der Waals surface area contributed by atoms with Gasteiger partial charge in [0.2, 0.25) is 0 Å². The standard InChI is InChI=1S/C52H40N2/c1-51(2)43-21-13-11-19-39(43)41-25-23-37(31-45(41)51)53-47(33-15-7-5-8-16-33)27-35-30-50-36(29-49(35)53)28-48(34-17-9-6-10-18-34)54(50)38-24-26-42-40-20-12-14-22-44(40)52(3,4)46(42)32-38/h5-32H,1-4H3. The summed E-state index contributed by atoms with van der Waals surface area (Å²) in [7, 11) is 0. The van der Waals surface area contributed by atoms with Crippen LogP contribution in [0.5, 0.6) is 0 Å². The second kappa shape index (κ2) is 11.1. The van der Waals surface area contributed by atoms with Crippen LogP contribution in [-0.2, 0) is 10.8 Å². The van der Waals surface area contributed by atoms with Gasteiger partial charge in [0.15, 0.2) is 0 Å². The molecule has 0 fully saturated rings. The molecule has 2 aliphatic carbocycles. The van der Waals surface area contributed by atoms with Crippen molar-refractivity contribution in [3.63, 3.8) is 0 Å². The Bertz CT molecular complexity index is 2770. The molecule has 2 aromatic heterocycles. The molecule has 11 rings (SSSR count). The van der Waals surface area contributed by atoms with Crippen LogP contribution in [0.15, 0.2) is 170 Å². The molecule has 7 aromatic carbocycles. The molecule has 0 N–H and O–H groups in total. The zero-order valence-corrected chi connectivity index (χ0v) is 31.1. The van der Waals surface area contributed by atoms with Crippen molar-refractivity contribution in [1.29, 1.82) is 0 Å². The molecule has 0 saturated heterocycles. The third-order valence-corrected chi connectivity index (χ3v) is 12.5. The second-order valence-corrected chi connectivity index (χ2v) is 16.2. The Morgan fingerprint density at radius 3 is 1.13 bits per heavy atom. The van der Waals surface area contributed by atoms with Crippen molar-refractivity contribution in [1.82, 2.24) is 9.13 Å². The number of rotatable bonds is 4. The van der Waals surface area contributed by atoms with E-state index in [2.05, 4.69) is 207 Å². The summed E-state index contributed by atoms with van der Waals surface area (Å²) in [6.45, 7) is 9.46. The molecule has 0 radical (unpaired) electrons. The topological polar surface area (TPSA) is 9.86 Å². The lowest BCUT2D eigenvalue weighted by Gasteiger charge is -2.22. The zero-order valence-electron chi connectivity index (χ0n) is 31.1. The molecule has 2 heteroatoms. The number of hydrogen-bond donors (Lipinski definition) is 0. The number of nitrogens with zero attached hydrogens (tertiary/aromatic N) is 2. The lowest BCUT2D eigenvalue weighted by Crippen LogP contribution is -2.15. The van der Waals surface area contributed by atoms with Crippen LogP contribution in [0.3, 0.4) is 0 Å². The highest BCUT2D eigenvalue weighted by Crippen LogP contribution is 2.51. The first-order valence-electron chi connectivity index (χ1n) is 19.1. The molecule has 0 unspecified atom stereocenters. The highest BCUT2D eigenvalue weighted by atomic mass is 15.0. The predicted octanol–water partition coefficient (Wildman–Crippen LogP) is 13.5. The maximum Gasteiger partial charge on any atom is 0.0542 e. The average Bonchev–Trinajstić information content (AvgIpc) is 3.90. The van der Waals surface area contributed by atoms with E-state index in [1.807, 2.05) is 0 Å². The van der Waals surface area contributed by atoms with Crippen LogP contribution in [0.25, 0.3) is 77.9 Å². The molecule has 0 saturated carbocycles. The molecule has 54 heavy (non-hydrogen) atoms. The molecular weight excluding hydrogens is 653 g/mol. The van der Waals surface area contributed by atoms with Crippen LogP contribution < -0.4 is 0 Å². The van der Waals surface area contributed by atoms with Crippen molar-refractivity contribution in [2.45, 2.75) is 38.5 Å². The van der Waals surface area contributed by atoms with Gasteiger partial charge in [0.1, 0.15) is 0 Å². The average molecular weight is 693 g/mol. The first-order chi connectivity index (χ1) is 26.3. The molecular formula is C52H40N2. The van der Waals surface area contributed by atoms with Crippen LogP contribution >= 0.6 is 0 Å². The minimum atomic E-state index is -0.0847. The smallest absolute Gasteiger partial charge is 0.0542 e. The van der Waals surface area contributed by atoms with E-state index in [1.54, 1.807) is 0 Å². The van der Waals surface area contributed by atoms with Gasteiger partial charge < -0.3 is 9.13 Å². The van der Waals surface area contributed by atoms with E-state index < -0.39 is 0 Å². The van der Waals surface area contributed by atoms with Gasteiger partial charge in [-0.2, -0.15) is 0 Å². The molecule has 0 aliphatic heterocycles. The summed E-state index contributed by atoms with van der Waals surface area (Å²) < 4.78 is 4.97. The minimum Gasteiger partial charge on any atom is -0.309 e. The van der Waals surface area contributed by atoms with Crippen molar-refractivity contribution in [3.05, 3.63) is 192 Å². The van der Waals surface area contributed by atoms with E-state index in [0.717, 1.165) is 0 Å². The summed E-state index contributed by atoms with van der Waals surface area (Å²) in [5, 5.41) is 2.44. The third-order valence-electron chi connectivity index (χ3n) is 12.5. The first-order valence-corrected chi connectivity index (χ1v) is 19.1. The molecule has 258 valence electrons. The molecule has 0 amide bonds. The number of fused-ring (bicyclic) bond motifs is 8. The van der Waals surface area contributed by atoms with Gasteiger partial charge in [0, 0.05) is 33.0 Å². The van der Waals surface area contributed by atoms with E-state index in [1.165, 1.54) is 100 Å². The summed E-state index contributed by atoms with van der Waals surface area (Å²) in [6.07, 6.45) is 0. The van der Waals surface area contributed by atoms with Gasteiger partial charge in [0.05, 0.1) is 22.4 Å². The summed E-state index contributed by atoms with van der Waals surface area (Å²) >= 11 is 0. The fraction of sp³-hybridized carbons (Fsp3) is 0.115. The zero-order chi connectivity index (χ0) is 36.3. The quantitative estimate of drug-likeness (QED) is 0.174. The van der Waals surface area contributed by atoms with E-state index >= 15 is 0 Å². The molecule has 0 spiro atoms. The predicted molar refractivity (Wildman–Crippen MR) is 226 cm³/mol. The van der Waals surface area contributed by atoms with Crippen molar-refractivity contribution >= 4 is 21.8 Å². The number of aromatic nitrogens is 2. The van der Waals surface area contributed by atoms with E-state index in [4.69, 9.17) is 0 Å². The van der Waals surface area contributed by atoms with Gasteiger partial charge in [0.25, 0.3) is 0 Å². The van der Waals surface area contributed by atoms with Gasteiger partial charge in [-0.3, -0.25) is 0 Å². The van der Waals surface area contributed by atoms with Gasteiger partial charge in [-0.15, -0.1) is 0 Å². The van der Waals surface area contributed by atoms with Crippen molar-refractivity contribution in [3.8, 4) is 56.1 Å². The first kappa shape index (κ1) is 31.2. The SMILES string of the molecule is CC1(C)c2ccccc2-c2ccc(-n3c(-c4ccccc4)cc4cc5c(cc(-c6ccccc6)n5-c5ccc6c(c5)C(C)(C)c5ccccc5-6)cc43)cc21. The molecule has 9 aromatic rings. The van der Waals surface area contributed by atoms with Crippen LogP contribution in [-0.4, -0.2) is 9.13 Å². The molecule has 0 bridgehead atoms.